The number of hydrogen-bond donors (Lipinski definition) is 2. The third-order valence-corrected chi connectivity index (χ3v) is 2.32. The average Bonchev–Trinajstić information content (AvgIpc) is 1.97. The maximum absolute atomic E-state index is 12.8. The number of aliphatic hydroxyl groups is 1. The fraction of sp³-hybridized carbons (Fsp3) is 0.800. The largest absolute Gasteiger partial charge is 0.463 e. The van der Waals surface area contributed by atoms with Gasteiger partial charge in [0, 0.05) is 6.92 Å². The van der Waals surface area contributed by atoms with Crippen LogP contribution < -0.4 is 0 Å². The van der Waals surface area contributed by atoms with Gasteiger partial charge in [-0.05, 0) is 0 Å². The second-order valence-corrected chi connectivity index (χ2v) is 4.19. The average molecular weight is 288 g/mol. The summed E-state index contributed by atoms with van der Waals surface area (Å²) >= 11 is 0. The molecular formula is C5H5F5O6S. The van der Waals surface area contributed by atoms with Crippen molar-refractivity contribution in [3.05, 3.63) is 0 Å². The molecule has 1 unspecified atom stereocenters. The minimum absolute atomic E-state index is 0.219. The summed E-state index contributed by atoms with van der Waals surface area (Å²) in [4.78, 5) is 10.2. The van der Waals surface area contributed by atoms with Crippen molar-refractivity contribution in [2.24, 2.45) is 0 Å². The summed E-state index contributed by atoms with van der Waals surface area (Å²) in [5.74, 6) is -7.72. The molecule has 102 valence electrons. The predicted octanol–water partition coefficient (Wildman–Crippen LogP) is 0.281. The molecule has 2 N–H and O–H groups in total. The fourth-order valence-electron chi connectivity index (χ4n) is 0.665. The molecule has 0 saturated heterocycles. The minimum Gasteiger partial charge on any atom is -0.417 e. The van der Waals surface area contributed by atoms with Crippen molar-refractivity contribution in [3.63, 3.8) is 0 Å². The van der Waals surface area contributed by atoms with Gasteiger partial charge < -0.3 is 9.84 Å². The van der Waals surface area contributed by atoms with E-state index in [0.29, 0.717) is 0 Å². The highest BCUT2D eigenvalue weighted by Gasteiger charge is 2.78. The third kappa shape index (κ3) is 2.63. The molecule has 0 radical (unpaired) electrons. The van der Waals surface area contributed by atoms with E-state index in [9.17, 15) is 35.2 Å². The van der Waals surface area contributed by atoms with Crippen LogP contribution in [0.4, 0.5) is 22.0 Å². The predicted molar refractivity (Wildman–Crippen MR) is 39.3 cm³/mol. The summed E-state index contributed by atoms with van der Waals surface area (Å²) in [5.41, 5.74) is 0. The van der Waals surface area contributed by atoms with Crippen LogP contribution in [-0.2, 0) is 19.6 Å². The first-order valence-corrected chi connectivity index (χ1v) is 4.94. The fourth-order valence-corrected chi connectivity index (χ4v) is 1.17. The zero-order valence-electron chi connectivity index (χ0n) is 7.83. The Morgan fingerprint density at radius 2 is 1.53 bits per heavy atom. The maximum Gasteiger partial charge on any atom is 0.463 e. The van der Waals surface area contributed by atoms with E-state index >= 15 is 0 Å². The molecule has 6 nitrogen and oxygen atoms in total. The number of halogens is 5. The molecule has 0 aromatic heterocycles. The molecule has 1 atom stereocenters. The topological polar surface area (TPSA) is 101 Å². The van der Waals surface area contributed by atoms with Crippen molar-refractivity contribution in [1.29, 1.82) is 0 Å². The van der Waals surface area contributed by atoms with Crippen LogP contribution in [0.25, 0.3) is 0 Å². The van der Waals surface area contributed by atoms with Crippen LogP contribution in [0.1, 0.15) is 6.92 Å². The highest BCUT2D eigenvalue weighted by Crippen LogP contribution is 2.45. The highest BCUT2D eigenvalue weighted by molar-refractivity contribution is 7.87. The van der Waals surface area contributed by atoms with Crippen molar-refractivity contribution in [3.8, 4) is 0 Å². The normalized spacial score (nSPS) is 17.4. The SMILES string of the molecule is CC(=O)OC(O)(C(F)(F)F)C(F)(F)S(=O)(=O)O. The van der Waals surface area contributed by atoms with Gasteiger partial charge >= 0.3 is 33.3 Å². The third-order valence-electron chi connectivity index (χ3n) is 1.39. The molecular weight excluding hydrogens is 283 g/mol. The van der Waals surface area contributed by atoms with Crippen LogP contribution in [-0.4, -0.2) is 41.3 Å². The van der Waals surface area contributed by atoms with Crippen molar-refractivity contribution < 1.29 is 49.6 Å². The molecule has 0 rings (SSSR count). The number of hydrogen-bond acceptors (Lipinski definition) is 5. The highest BCUT2D eigenvalue weighted by atomic mass is 32.2. The van der Waals surface area contributed by atoms with Crippen molar-refractivity contribution >= 4 is 16.1 Å². The number of esters is 1. The molecule has 0 aliphatic heterocycles. The van der Waals surface area contributed by atoms with Crippen LogP contribution in [0.3, 0.4) is 0 Å². The van der Waals surface area contributed by atoms with Gasteiger partial charge in [-0.15, -0.1) is 0 Å². The number of carbonyl (C=O) groups excluding carboxylic acids is 1. The molecule has 0 spiro atoms. The Morgan fingerprint density at radius 1 is 1.18 bits per heavy atom. The zero-order valence-corrected chi connectivity index (χ0v) is 8.64. The van der Waals surface area contributed by atoms with Gasteiger partial charge in [0.2, 0.25) is 0 Å². The van der Waals surface area contributed by atoms with E-state index in [1.165, 1.54) is 0 Å². The van der Waals surface area contributed by atoms with E-state index in [1.807, 2.05) is 0 Å². The molecule has 0 aromatic rings. The summed E-state index contributed by atoms with van der Waals surface area (Å²) < 4.78 is 92.8. The van der Waals surface area contributed by atoms with Gasteiger partial charge in [-0.2, -0.15) is 30.4 Å². The molecule has 0 aromatic carbocycles. The lowest BCUT2D eigenvalue weighted by Crippen LogP contribution is -2.64. The minimum atomic E-state index is -6.67. The monoisotopic (exact) mass is 288 g/mol. The molecule has 12 heteroatoms. The first-order valence-electron chi connectivity index (χ1n) is 3.50. The summed E-state index contributed by atoms with van der Waals surface area (Å²) in [5, 5.41) is 2.35. The van der Waals surface area contributed by atoms with E-state index in [1.54, 1.807) is 0 Å². The first-order chi connectivity index (χ1) is 7.17. The first kappa shape index (κ1) is 16.0. The lowest BCUT2D eigenvalue weighted by atomic mass is 10.3. The summed E-state index contributed by atoms with van der Waals surface area (Å²) in [7, 11) is -6.67. The van der Waals surface area contributed by atoms with Crippen molar-refractivity contribution in [2.45, 2.75) is 24.1 Å². The van der Waals surface area contributed by atoms with E-state index in [0.717, 1.165) is 0 Å². The number of rotatable bonds is 3. The van der Waals surface area contributed by atoms with Crippen molar-refractivity contribution in [2.75, 3.05) is 0 Å². The van der Waals surface area contributed by atoms with E-state index in [-0.39, 0.29) is 6.92 Å². The van der Waals surface area contributed by atoms with Crippen LogP contribution in [0.15, 0.2) is 0 Å². The second kappa shape index (κ2) is 4.03. The van der Waals surface area contributed by atoms with Gasteiger partial charge in [0.1, 0.15) is 0 Å². The molecule has 0 saturated carbocycles. The van der Waals surface area contributed by atoms with Gasteiger partial charge in [-0.25, -0.2) is 0 Å². The van der Waals surface area contributed by atoms with Gasteiger partial charge in [0.15, 0.2) is 0 Å². The number of alkyl halides is 5. The quantitative estimate of drug-likeness (QED) is 0.335. The van der Waals surface area contributed by atoms with Gasteiger partial charge in [-0.3, -0.25) is 9.35 Å². The van der Waals surface area contributed by atoms with Crippen LogP contribution in [0, 0.1) is 0 Å². The lowest BCUT2D eigenvalue weighted by molar-refractivity contribution is -0.397. The summed E-state index contributed by atoms with van der Waals surface area (Å²) in [6, 6.07) is 0. The molecule has 0 amide bonds. The number of ether oxygens (including phenoxy) is 1. The molecule has 0 aliphatic rings. The second-order valence-electron chi connectivity index (χ2n) is 2.73. The maximum atomic E-state index is 12.8. The molecule has 0 heterocycles. The Bertz CT molecular complexity index is 413. The molecule has 0 fully saturated rings. The van der Waals surface area contributed by atoms with Gasteiger partial charge in [-0.1, -0.05) is 0 Å². The molecule has 0 bridgehead atoms. The zero-order chi connectivity index (χ0) is 14.3. The lowest BCUT2D eigenvalue weighted by Gasteiger charge is -2.33. The Morgan fingerprint density at radius 3 is 1.71 bits per heavy atom. The summed E-state index contributed by atoms with van der Waals surface area (Å²) in [6.07, 6.45) is -6.35. The summed E-state index contributed by atoms with van der Waals surface area (Å²) in [6.45, 7) is 0.219. The van der Waals surface area contributed by atoms with E-state index in [4.69, 9.17) is 9.66 Å². The van der Waals surface area contributed by atoms with E-state index in [2.05, 4.69) is 4.74 Å². The number of carbonyl (C=O) groups is 1. The van der Waals surface area contributed by atoms with Crippen LogP contribution >= 0.6 is 0 Å². The van der Waals surface area contributed by atoms with Crippen molar-refractivity contribution in [1.82, 2.24) is 0 Å². The molecule has 0 aliphatic carbocycles. The smallest absolute Gasteiger partial charge is 0.417 e. The molecule has 17 heavy (non-hydrogen) atoms. The Hall–Kier alpha value is -1.01. The Kier molecular flexibility index (Phi) is 3.79. The standard InChI is InChI=1S/C5H5F5O6S/c1-2(11)16-3(12,4(6,7)8)5(9,10)17(13,14)15/h12H,1H3,(H,13,14,15). The van der Waals surface area contributed by atoms with Crippen LogP contribution in [0.5, 0.6) is 0 Å². The van der Waals surface area contributed by atoms with Gasteiger partial charge in [0.05, 0.1) is 0 Å². The van der Waals surface area contributed by atoms with Gasteiger partial charge in [0.25, 0.3) is 0 Å². The van der Waals surface area contributed by atoms with Crippen LogP contribution in [0.2, 0.25) is 0 Å². The Labute approximate surface area is 90.7 Å². The Balaban J connectivity index is 5.91. The van der Waals surface area contributed by atoms with E-state index < -0.39 is 33.3 Å².